The van der Waals surface area contributed by atoms with Gasteiger partial charge in [-0.05, 0) is 6.07 Å². The molecule has 1 aromatic heterocycles. The van der Waals surface area contributed by atoms with E-state index in [2.05, 4.69) is 0 Å². The second-order valence-electron chi connectivity index (χ2n) is 3.73. The van der Waals surface area contributed by atoms with Gasteiger partial charge in [-0.25, -0.2) is 0 Å². The summed E-state index contributed by atoms with van der Waals surface area (Å²) in [4.78, 5) is 1.79. The van der Waals surface area contributed by atoms with Crippen LogP contribution >= 0.6 is 0 Å². The number of nitrogens with two attached hydrogens (primary N) is 1. The van der Waals surface area contributed by atoms with Crippen LogP contribution in [-0.2, 0) is 6.54 Å². The first-order valence-corrected chi connectivity index (χ1v) is 4.63. The van der Waals surface area contributed by atoms with Gasteiger partial charge in [0.05, 0.1) is 0 Å². The number of rotatable bonds is 1. The van der Waals surface area contributed by atoms with Crippen LogP contribution in [0.25, 0.3) is 0 Å². The topological polar surface area (TPSA) is 34.2 Å². The van der Waals surface area contributed by atoms with Crippen molar-refractivity contribution in [3.8, 4) is 0 Å². The molecule has 0 aromatic carbocycles. The van der Waals surface area contributed by atoms with Crippen LogP contribution in [0, 0.1) is 0 Å². The van der Waals surface area contributed by atoms with Crippen LogP contribution in [-0.4, -0.2) is 24.3 Å². The van der Waals surface area contributed by atoms with Gasteiger partial charge in [0.25, 0.3) is 0 Å². The van der Waals surface area contributed by atoms with Crippen molar-refractivity contribution in [2.75, 3.05) is 18.5 Å². The predicted octanol–water partition coefficient (Wildman–Crippen LogP) is 1.50. The summed E-state index contributed by atoms with van der Waals surface area (Å²) in [7, 11) is 1.77. The second-order valence-corrected chi connectivity index (χ2v) is 3.73. The van der Waals surface area contributed by atoms with Crippen LogP contribution in [0.2, 0.25) is 0 Å². The van der Waals surface area contributed by atoms with Gasteiger partial charge in [0, 0.05) is 31.9 Å². The summed E-state index contributed by atoms with van der Waals surface area (Å²) in [6.07, 6.45) is -2.73. The van der Waals surface area contributed by atoms with E-state index in [9.17, 15) is 13.2 Å². The first-order chi connectivity index (χ1) is 6.91. The van der Waals surface area contributed by atoms with Gasteiger partial charge in [-0.15, -0.1) is 0 Å². The Bertz CT molecular complexity index is 369. The average Bonchev–Trinajstić information content (AvgIpc) is 2.66. The molecule has 84 valence electrons. The molecule has 1 aromatic rings. The third-order valence-corrected chi connectivity index (χ3v) is 2.69. The zero-order valence-electron chi connectivity index (χ0n) is 8.25. The minimum Gasteiger partial charge on any atom is -0.359 e. The van der Waals surface area contributed by atoms with Crippen molar-refractivity contribution in [2.45, 2.75) is 18.8 Å². The predicted molar refractivity (Wildman–Crippen MR) is 50.7 cm³/mol. The highest BCUT2D eigenvalue weighted by molar-refractivity contribution is 5.53. The number of likely N-dealkylation sites (N-methyl/N-ethyl adjacent to an activating group) is 1. The number of hydrogen-bond acceptors (Lipinski definition) is 2. The maximum Gasteiger partial charge on any atom is 0.407 e. The van der Waals surface area contributed by atoms with Gasteiger partial charge in [0.2, 0.25) is 0 Å². The molecule has 0 bridgehead atoms. The fraction of sp³-hybridized carbons (Fsp3) is 0.556. The maximum absolute atomic E-state index is 12.5. The fourth-order valence-corrected chi connectivity index (χ4v) is 1.88. The van der Waals surface area contributed by atoms with Crippen LogP contribution in [0.5, 0.6) is 0 Å². The number of halogens is 3. The first kappa shape index (κ1) is 10.4. The van der Waals surface area contributed by atoms with Gasteiger partial charge in [-0.2, -0.15) is 13.2 Å². The van der Waals surface area contributed by atoms with Gasteiger partial charge < -0.3 is 15.2 Å². The SMILES string of the molecule is CN1CCn2ccc(C(N)C(F)(F)F)c21. The van der Waals surface area contributed by atoms with Crippen LogP contribution < -0.4 is 10.6 Å². The molecule has 6 heteroatoms. The molecule has 3 nitrogen and oxygen atoms in total. The summed E-state index contributed by atoms with van der Waals surface area (Å²) in [5.41, 5.74) is 5.34. The highest BCUT2D eigenvalue weighted by Gasteiger charge is 2.41. The van der Waals surface area contributed by atoms with Crippen LogP contribution in [0.1, 0.15) is 11.6 Å². The molecule has 0 fully saturated rings. The first-order valence-electron chi connectivity index (χ1n) is 4.63. The Morgan fingerprint density at radius 3 is 2.67 bits per heavy atom. The van der Waals surface area contributed by atoms with Crippen molar-refractivity contribution < 1.29 is 13.2 Å². The molecule has 2 rings (SSSR count). The van der Waals surface area contributed by atoms with Crippen LogP contribution in [0.4, 0.5) is 19.0 Å². The molecule has 1 unspecified atom stereocenters. The van der Waals surface area contributed by atoms with Gasteiger partial charge >= 0.3 is 6.18 Å². The van der Waals surface area contributed by atoms with Crippen molar-refractivity contribution in [1.82, 2.24) is 4.57 Å². The minimum absolute atomic E-state index is 0.155. The summed E-state index contributed by atoms with van der Waals surface area (Å²) in [5.74, 6) is 0.583. The Kier molecular flexibility index (Phi) is 2.18. The van der Waals surface area contributed by atoms with E-state index in [0.717, 1.165) is 13.1 Å². The summed E-state index contributed by atoms with van der Waals surface area (Å²) in [6.45, 7) is 1.45. The van der Waals surface area contributed by atoms with E-state index < -0.39 is 12.2 Å². The Morgan fingerprint density at radius 2 is 2.07 bits per heavy atom. The van der Waals surface area contributed by atoms with Crippen molar-refractivity contribution in [3.63, 3.8) is 0 Å². The molecule has 2 heterocycles. The van der Waals surface area contributed by atoms with Crippen molar-refractivity contribution in [2.24, 2.45) is 5.73 Å². The molecule has 0 spiro atoms. The number of alkyl halides is 3. The molecule has 0 saturated carbocycles. The van der Waals surface area contributed by atoms with Gasteiger partial charge in [0.15, 0.2) is 0 Å². The molecule has 0 aliphatic carbocycles. The van der Waals surface area contributed by atoms with E-state index in [-0.39, 0.29) is 5.56 Å². The zero-order chi connectivity index (χ0) is 11.2. The van der Waals surface area contributed by atoms with Crippen LogP contribution in [0.15, 0.2) is 12.3 Å². The normalized spacial score (nSPS) is 18.1. The zero-order valence-corrected chi connectivity index (χ0v) is 8.25. The smallest absolute Gasteiger partial charge is 0.359 e. The molecule has 1 aliphatic rings. The lowest BCUT2D eigenvalue weighted by Gasteiger charge is -2.19. The van der Waals surface area contributed by atoms with Gasteiger partial charge in [0.1, 0.15) is 11.9 Å². The van der Waals surface area contributed by atoms with E-state index in [1.54, 1.807) is 22.7 Å². The fourth-order valence-electron chi connectivity index (χ4n) is 1.88. The third kappa shape index (κ3) is 1.58. The summed E-state index contributed by atoms with van der Waals surface area (Å²) >= 11 is 0. The molecular formula is C9H12F3N3. The lowest BCUT2D eigenvalue weighted by molar-refractivity contribution is -0.149. The van der Waals surface area contributed by atoms with Crippen molar-refractivity contribution in [3.05, 3.63) is 17.8 Å². The standard InChI is InChI=1S/C9H12F3N3/c1-14-4-5-15-3-2-6(8(14)15)7(13)9(10,11)12/h2-3,7H,4-5,13H2,1H3. The van der Waals surface area contributed by atoms with Crippen molar-refractivity contribution in [1.29, 1.82) is 0 Å². The Labute approximate surface area is 85.3 Å². The molecule has 0 radical (unpaired) electrons. The minimum atomic E-state index is -4.38. The number of nitrogens with zero attached hydrogens (tertiary/aromatic N) is 2. The molecular weight excluding hydrogens is 207 g/mol. The largest absolute Gasteiger partial charge is 0.407 e. The number of fused-ring (bicyclic) bond motifs is 1. The highest BCUT2D eigenvalue weighted by Crippen LogP contribution is 2.37. The lowest BCUT2D eigenvalue weighted by Crippen LogP contribution is -2.29. The quantitative estimate of drug-likeness (QED) is 0.776. The monoisotopic (exact) mass is 219 g/mol. The van der Waals surface area contributed by atoms with Gasteiger partial charge in [-0.1, -0.05) is 0 Å². The lowest BCUT2D eigenvalue weighted by atomic mass is 10.1. The van der Waals surface area contributed by atoms with E-state index in [1.807, 2.05) is 0 Å². The molecule has 1 atom stereocenters. The summed E-state index contributed by atoms with van der Waals surface area (Å²) in [6, 6.07) is -0.447. The van der Waals surface area contributed by atoms with E-state index in [4.69, 9.17) is 5.73 Å². The average molecular weight is 219 g/mol. The van der Waals surface area contributed by atoms with Crippen molar-refractivity contribution >= 4 is 5.82 Å². The Hall–Kier alpha value is -1.17. The van der Waals surface area contributed by atoms with Gasteiger partial charge in [-0.3, -0.25) is 0 Å². The highest BCUT2D eigenvalue weighted by atomic mass is 19.4. The van der Waals surface area contributed by atoms with E-state index >= 15 is 0 Å². The number of hydrogen-bond donors (Lipinski definition) is 1. The van der Waals surface area contributed by atoms with E-state index in [1.165, 1.54) is 6.07 Å². The second kappa shape index (κ2) is 3.16. The molecule has 2 N–H and O–H groups in total. The summed E-state index contributed by atoms with van der Waals surface area (Å²) < 4.78 is 39.2. The Morgan fingerprint density at radius 1 is 1.40 bits per heavy atom. The van der Waals surface area contributed by atoms with E-state index in [0.29, 0.717) is 5.82 Å². The molecule has 0 amide bonds. The Balaban J connectivity index is 2.38. The van der Waals surface area contributed by atoms with Crippen LogP contribution in [0.3, 0.4) is 0 Å². The third-order valence-electron chi connectivity index (χ3n) is 2.69. The molecule has 15 heavy (non-hydrogen) atoms. The number of aromatic nitrogens is 1. The maximum atomic E-state index is 12.5. The number of anilines is 1. The summed E-state index contributed by atoms with van der Waals surface area (Å²) in [5, 5.41) is 0. The molecule has 0 saturated heterocycles. The molecule has 1 aliphatic heterocycles.